The van der Waals surface area contributed by atoms with E-state index in [1.54, 1.807) is 10.7 Å². The van der Waals surface area contributed by atoms with Crippen LogP contribution in [-0.4, -0.2) is 17.5 Å². The van der Waals surface area contributed by atoms with Gasteiger partial charge in [-0.05, 0) is 12.1 Å². The molecule has 2 aromatic heterocycles. The van der Waals surface area contributed by atoms with E-state index in [-0.39, 0.29) is 0 Å². The van der Waals surface area contributed by atoms with Crippen molar-refractivity contribution in [2.75, 3.05) is 0 Å². The predicted molar refractivity (Wildman–Crippen MR) is 40.6 cm³/mol. The average molecular weight is 128 g/mol. The lowest BCUT2D eigenvalue weighted by molar-refractivity contribution is 0.961. The van der Waals surface area contributed by atoms with Gasteiger partial charge in [0.05, 0.1) is 5.52 Å². The molecule has 0 saturated carbocycles. The molecule has 2 aromatic rings. The first kappa shape index (κ1) is 5.53. The summed E-state index contributed by atoms with van der Waals surface area (Å²) in [5, 5.41) is 4.01. The number of nitrogens with zero attached hydrogens (tertiary/aromatic N) is 2. The van der Waals surface area contributed by atoms with Crippen LogP contribution < -0.4 is 5.46 Å². The lowest BCUT2D eigenvalue weighted by atomic mass is 9.99. The van der Waals surface area contributed by atoms with E-state index < -0.39 is 0 Å². The van der Waals surface area contributed by atoms with Gasteiger partial charge in [0.15, 0.2) is 0 Å². The zero-order valence-electron chi connectivity index (χ0n) is 5.36. The molecule has 2 rings (SSSR count). The highest BCUT2D eigenvalue weighted by atomic mass is 15.2. The highest BCUT2D eigenvalue weighted by Crippen LogP contribution is 1.95. The SMILES string of the molecule is [B]c1cnn2ccccc12. The van der Waals surface area contributed by atoms with Gasteiger partial charge in [0.1, 0.15) is 7.85 Å². The molecule has 0 amide bonds. The summed E-state index contributed by atoms with van der Waals surface area (Å²) in [5.41, 5.74) is 1.68. The number of fused-ring (bicyclic) bond motifs is 1. The summed E-state index contributed by atoms with van der Waals surface area (Å²) in [6, 6.07) is 5.79. The molecule has 0 N–H and O–H groups in total. The van der Waals surface area contributed by atoms with Crippen LogP contribution in [0.15, 0.2) is 30.6 Å². The van der Waals surface area contributed by atoms with Crippen LogP contribution in [0, 0.1) is 0 Å². The fourth-order valence-electron chi connectivity index (χ4n) is 0.954. The Kier molecular flexibility index (Phi) is 1.03. The van der Waals surface area contributed by atoms with Crippen molar-refractivity contribution < 1.29 is 0 Å². The van der Waals surface area contributed by atoms with Crippen molar-refractivity contribution >= 4 is 18.8 Å². The fraction of sp³-hybridized carbons (Fsp3) is 0. The lowest BCUT2D eigenvalue weighted by Crippen LogP contribution is -1.98. The van der Waals surface area contributed by atoms with Crippen LogP contribution in [0.2, 0.25) is 0 Å². The maximum atomic E-state index is 5.59. The van der Waals surface area contributed by atoms with E-state index in [4.69, 9.17) is 7.85 Å². The molecule has 3 heteroatoms. The zero-order valence-corrected chi connectivity index (χ0v) is 5.36. The summed E-state index contributed by atoms with van der Waals surface area (Å²) in [6.07, 6.45) is 3.51. The van der Waals surface area contributed by atoms with E-state index in [9.17, 15) is 0 Å². The standard InChI is InChI=1S/C7H5BN2/c8-6-5-9-10-4-2-1-3-7(6)10/h1-5H. The Morgan fingerprint density at radius 2 is 2.30 bits per heavy atom. The van der Waals surface area contributed by atoms with Crippen molar-refractivity contribution in [2.24, 2.45) is 0 Å². The summed E-state index contributed by atoms with van der Waals surface area (Å²) >= 11 is 0. The Morgan fingerprint density at radius 1 is 1.40 bits per heavy atom. The van der Waals surface area contributed by atoms with Crippen molar-refractivity contribution in [1.82, 2.24) is 9.61 Å². The number of rotatable bonds is 0. The van der Waals surface area contributed by atoms with Crippen LogP contribution in [0.1, 0.15) is 0 Å². The third-order valence-electron chi connectivity index (χ3n) is 1.46. The number of pyridine rings is 1. The maximum absolute atomic E-state index is 5.59. The lowest BCUT2D eigenvalue weighted by Gasteiger charge is -1.89. The molecular weight excluding hydrogens is 123 g/mol. The van der Waals surface area contributed by atoms with Gasteiger partial charge >= 0.3 is 0 Å². The van der Waals surface area contributed by atoms with Gasteiger partial charge in [-0.25, -0.2) is 4.52 Å². The molecule has 2 radical (unpaired) electrons. The Bertz CT molecular complexity index is 353. The third kappa shape index (κ3) is 0.636. The van der Waals surface area contributed by atoms with Gasteiger partial charge in [0, 0.05) is 12.4 Å². The summed E-state index contributed by atoms with van der Waals surface area (Å²) < 4.78 is 1.75. The average Bonchev–Trinajstić information content (AvgIpc) is 2.34. The Labute approximate surface area is 59.9 Å². The van der Waals surface area contributed by atoms with Gasteiger partial charge in [0.2, 0.25) is 0 Å². The van der Waals surface area contributed by atoms with E-state index in [1.807, 2.05) is 24.4 Å². The molecule has 0 aliphatic heterocycles. The van der Waals surface area contributed by atoms with Gasteiger partial charge in [-0.1, -0.05) is 11.5 Å². The summed E-state index contributed by atoms with van der Waals surface area (Å²) in [5.74, 6) is 0. The normalized spacial score (nSPS) is 10.4. The summed E-state index contributed by atoms with van der Waals surface area (Å²) in [4.78, 5) is 0. The van der Waals surface area contributed by atoms with E-state index in [0.717, 1.165) is 11.0 Å². The van der Waals surface area contributed by atoms with Crippen LogP contribution >= 0.6 is 0 Å². The second-order valence-electron chi connectivity index (χ2n) is 2.13. The second kappa shape index (κ2) is 1.87. The van der Waals surface area contributed by atoms with E-state index in [2.05, 4.69) is 5.10 Å². The molecule has 0 aliphatic rings. The Morgan fingerprint density at radius 3 is 3.10 bits per heavy atom. The second-order valence-corrected chi connectivity index (χ2v) is 2.13. The van der Waals surface area contributed by atoms with Crippen molar-refractivity contribution in [3.63, 3.8) is 0 Å². The molecule has 0 fully saturated rings. The van der Waals surface area contributed by atoms with E-state index in [0.29, 0.717) is 0 Å². The van der Waals surface area contributed by atoms with Crippen molar-refractivity contribution in [1.29, 1.82) is 0 Å². The van der Waals surface area contributed by atoms with Gasteiger partial charge in [-0.15, -0.1) is 0 Å². The first-order chi connectivity index (χ1) is 4.88. The van der Waals surface area contributed by atoms with Gasteiger partial charge in [-0.2, -0.15) is 5.10 Å². The van der Waals surface area contributed by atoms with Gasteiger partial charge < -0.3 is 0 Å². The maximum Gasteiger partial charge on any atom is 0.119 e. The largest absolute Gasteiger partial charge is 0.242 e. The van der Waals surface area contributed by atoms with Crippen LogP contribution in [-0.2, 0) is 0 Å². The molecule has 2 heterocycles. The molecule has 46 valence electrons. The van der Waals surface area contributed by atoms with Crippen molar-refractivity contribution in [3.8, 4) is 0 Å². The minimum Gasteiger partial charge on any atom is -0.242 e. The summed E-state index contributed by atoms with van der Waals surface area (Å²) in [7, 11) is 5.59. The number of aromatic nitrogens is 2. The molecule has 0 bridgehead atoms. The molecule has 0 unspecified atom stereocenters. The minimum absolute atomic E-state index is 0.723. The quantitative estimate of drug-likeness (QED) is 0.461. The molecule has 10 heavy (non-hydrogen) atoms. The highest BCUT2D eigenvalue weighted by Gasteiger charge is 1.93. The summed E-state index contributed by atoms with van der Waals surface area (Å²) in [6.45, 7) is 0. The first-order valence-corrected chi connectivity index (χ1v) is 3.06. The molecule has 0 aliphatic carbocycles. The molecule has 0 aromatic carbocycles. The smallest absolute Gasteiger partial charge is 0.119 e. The van der Waals surface area contributed by atoms with Gasteiger partial charge in [0.25, 0.3) is 0 Å². The minimum atomic E-state index is 0.723. The van der Waals surface area contributed by atoms with E-state index in [1.165, 1.54) is 0 Å². The van der Waals surface area contributed by atoms with Crippen LogP contribution in [0.25, 0.3) is 5.52 Å². The topological polar surface area (TPSA) is 17.3 Å². The Balaban J connectivity index is 2.93. The molecular formula is C7H5BN2. The zero-order chi connectivity index (χ0) is 6.97. The van der Waals surface area contributed by atoms with Crippen LogP contribution in [0.3, 0.4) is 0 Å². The number of hydrogen-bond donors (Lipinski definition) is 0. The van der Waals surface area contributed by atoms with Crippen LogP contribution in [0.5, 0.6) is 0 Å². The fourth-order valence-corrected chi connectivity index (χ4v) is 0.954. The van der Waals surface area contributed by atoms with E-state index >= 15 is 0 Å². The van der Waals surface area contributed by atoms with Crippen LogP contribution in [0.4, 0.5) is 0 Å². The van der Waals surface area contributed by atoms with Crippen molar-refractivity contribution in [3.05, 3.63) is 30.6 Å². The molecule has 0 atom stereocenters. The third-order valence-corrected chi connectivity index (χ3v) is 1.46. The molecule has 0 spiro atoms. The highest BCUT2D eigenvalue weighted by molar-refractivity contribution is 6.36. The van der Waals surface area contributed by atoms with Gasteiger partial charge in [-0.3, -0.25) is 0 Å². The first-order valence-electron chi connectivity index (χ1n) is 3.06. The Hall–Kier alpha value is -1.25. The monoisotopic (exact) mass is 128 g/mol. The molecule has 2 nitrogen and oxygen atoms in total. The van der Waals surface area contributed by atoms with Crippen molar-refractivity contribution in [2.45, 2.75) is 0 Å². The predicted octanol–water partition coefficient (Wildman–Crippen LogP) is 0.128. The molecule has 0 saturated heterocycles. The number of hydrogen-bond acceptors (Lipinski definition) is 1.